The Morgan fingerprint density at radius 3 is 1.35 bits per heavy atom. The van der Waals surface area contributed by atoms with Gasteiger partial charge >= 0.3 is 0 Å². The van der Waals surface area contributed by atoms with Gasteiger partial charge in [0.15, 0.2) is 0 Å². The minimum atomic E-state index is 1.14. The van der Waals surface area contributed by atoms with E-state index in [1.807, 2.05) is 85.0 Å². The summed E-state index contributed by atoms with van der Waals surface area (Å²) in [5.41, 5.74) is 2.28. The minimum absolute atomic E-state index is 1.14. The third kappa shape index (κ3) is 5.13. The Balaban J connectivity index is 1.85. The van der Waals surface area contributed by atoms with Crippen LogP contribution >= 0.6 is 0 Å². The van der Waals surface area contributed by atoms with Crippen LogP contribution in [0.2, 0.25) is 0 Å². The molecule has 0 fully saturated rings. The molecule has 20 heavy (non-hydrogen) atoms. The molecule has 2 aromatic carbocycles. The lowest BCUT2D eigenvalue weighted by molar-refractivity contribution is 1.66. The first-order valence-electron chi connectivity index (χ1n) is 6.39. The summed E-state index contributed by atoms with van der Waals surface area (Å²) >= 11 is 0. The van der Waals surface area contributed by atoms with Crippen LogP contribution in [-0.2, 0) is 0 Å². The van der Waals surface area contributed by atoms with Gasteiger partial charge in [-0.1, -0.05) is 72.5 Å². The molecule has 0 heteroatoms. The molecular weight excluding hydrogens is 240 g/mol. The quantitative estimate of drug-likeness (QED) is 0.696. The fourth-order valence-corrected chi connectivity index (χ4v) is 1.56. The summed E-state index contributed by atoms with van der Waals surface area (Å²) in [4.78, 5) is 0. The topological polar surface area (TPSA) is 0 Å². The van der Waals surface area contributed by atoms with Gasteiger partial charge in [0.1, 0.15) is 0 Å². The highest BCUT2D eigenvalue weighted by atomic mass is 13.8. The zero-order chi connectivity index (χ0) is 13.9. The highest BCUT2D eigenvalue weighted by Gasteiger charge is 1.80. The lowest BCUT2D eigenvalue weighted by atomic mass is 10.2. The van der Waals surface area contributed by atoms with Crippen molar-refractivity contribution in [2.24, 2.45) is 0 Å². The molecule has 0 saturated carbocycles. The van der Waals surface area contributed by atoms with Gasteiger partial charge in [-0.15, -0.1) is 0 Å². The predicted octanol–water partition coefficient (Wildman–Crippen LogP) is 4.42. The second-order valence-electron chi connectivity index (χ2n) is 4.03. The fraction of sp³-hybridized carbons (Fsp3) is 0. The highest BCUT2D eigenvalue weighted by Crippen LogP contribution is 2.00. The van der Waals surface area contributed by atoms with Gasteiger partial charge in [-0.3, -0.25) is 0 Å². The van der Waals surface area contributed by atoms with Crippen LogP contribution in [0.4, 0.5) is 0 Å². The molecule has 0 saturated heterocycles. The molecule has 0 amide bonds. The molecule has 0 spiro atoms. The Morgan fingerprint density at radius 1 is 0.550 bits per heavy atom. The largest absolute Gasteiger partial charge is 0.0622 e. The summed E-state index contributed by atoms with van der Waals surface area (Å²) in [7, 11) is 0. The second-order valence-corrected chi connectivity index (χ2v) is 4.03. The van der Waals surface area contributed by atoms with Crippen molar-refractivity contribution in [3.8, 4) is 23.7 Å². The zero-order valence-corrected chi connectivity index (χ0v) is 11.1. The number of rotatable bonds is 2. The van der Waals surface area contributed by atoms with E-state index in [4.69, 9.17) is 0 Å². The third-order valence-corrected chi connectivity index (χ3v) is 2.52. The summed E-state index contributed by atoms with van der Waals surface area (Å²) in [6.07, 6.45) is 7.55. The molecule has 0 unspecified atom stereocenters. The lowest BCUT2D eigenvalue weighted by Crippen LogP contribution is -1.67. The van der Waals surface area contributed by atoms with E-state index in [0.717, 1.165) is 11.1 Å². The van der Waals surface area contributed by atoms with Crippen LogP contribution < -0.4 is 0 Å². The first-order chi connectivity index (χ1) is 9.95. The first-order valence-corrected chi connectivity index (χ1v) is 6.39. The highest BCUT2D eigenvalue weighted by molar-refractivity contribution is 5.55. The average Bonchev–Trinajstić information content (AvgIpc) is 2.52. The Morgan fingerprint density at radius 2 is 0.950 bits per heavy atom. The Kier molecular flexibility index (Phi) is 5.52. The molecule has 0 bridgehead atoms. The number of hydrogen-bond acceptors (Lipinski definition) is 0. The van der Waals surface area contributed by atoms with Crippen LogP contribution in [0.25, 0.3) is 12.2 Å². The van der Waals surface area contributed by atoms with Gasteiger partial charge in [0.05, 0.1) is 0 Å². The van der Waals surface area contributed by atoms with E-state index in [9.17, 15) is 0 Å². The van der Waals surface area contributed by atoms with Crippen molar-refractivity contribution in [1.82, 2.24) is 0 Å². The molecule has 0 heterocycles. The van der Waals surface area contributed by atoms with Crippen molar-refractivity contribution in [3.63, 3.8) is 0 Å². The summed E-state index contributed by atoms with van der Waals surface area (Å²) < 4.78 is 0. The van der Waals surface area contributed by atoms with Crippen LogP contribution in [-0.4, -0.2) is 0 Å². The molecule has 0 aliphatic carbocycles. The molecule has 2 aromatic rings. The van der Waals surface area contributed by atoms with E-state index in [-0.39, 0.29) is 0 Å². The van der Waals surface area contributed by atoms with E-state index in [2.05, 4.69) is 23.7 Å². The van der Waals surface area contributed by atoms with Crippen LogP contribution in [0.5, 0.6) is 0 Å². The van der Waals surface area contributed by atoms with E-state index in [1.165, 1.54) is 0 Å². The van der Waals surface area contributed by atoms with Gasteiger partial charge in [0, 0.05) is 0 Å². The third-order valence-electron chi connectivity index (χ3n) is 2.52. The van der Waals surface area contributed by atoms with E-state index < -0.39 is 0 Å². The molecule has 0 aromatic heterocycles. The smallest absolute Gasteiger partial charge is 0.0102 e. The minimum Gasteiger partial charge on any atom is -0.0622 e. The maximum absolute atomic E-state index is 2.89. The second kappa shape index (κ2) is 8.20. The predicted molar refractivity (Wildman–Crippen MR) is 86.5 cm³/mol. The SMILES string of the molecule is C(C#C/C=C\c1ccccc1)#C/C=C\c1ccccc1. The molecule has 0 aliphatic heterocycles. The molecule has 0 atom stereocenters. The monoisotopic (exact) mass is 254 g/mol. The molecule has 0 N–H and O–H groups in total. The van der Waals surface area contributed by atoms with Crippen LogP contribution in [0.3, 0.4) is 0 Å². The van der Waals surface area contributed by atoms with Crippen molar-refractivity contribution in [3.05, 3.63) is 83.9 Å². The maximum atomic E-state index is 2.89. The normalized spacial score (nSPS) is 9.80. The molecule has 94 valence electrons. The number of hydrogen-bond donors (Lipinski definition) is 0. The van der Waals surface area contributed by atoms with Crippen LogP contribution in [0.15, 0.2) is 72.8 Å². The zero-order valence-electron chi connectivity index (χ0n) is 11.1. The van der Waals surface area contributed by atoms with Gasteiger partial charge in [0.2, 0.25) is 0 Å². The summed E-state index contributed by atoms with van der Waals surface area (Å²) in [5.74, 6) is 11.4. The summed E-state index contributed by atoms with van der Waals surface area (Å²) in [5, 5.41) is 0. The molecule has 0 aliphatic rings. The van der Waals surface area contributed by atoms with Gasteiger partial charge in [0.25, 0.3) is 0 Å². The van der Waals surface area contributed by atoms with Crippen molar-refractivity contribution in [2.45, 2.75) is 0 Å². The number of benzene rings is 2. The Bertz CT molecular complexity index is 631. The first kappa shape index (κ1) is 13.5. The summed E-state index contributed by atoms with van der Waals surface area (Å²) in [6, 6.07) is 20.1. The van der Waals surface area contributed by atoms with Gasteiger partial charge in [-0.2, -0.15) is 0 Å². The van der Waals surface area contributed by atoms with Gasteiger partial charge in [-0.25, -0.2) is 0 Å². The van der Waals surface area contributed by atoms with Gasteiger partial charge in [-0.05, 0) is 47.3 Å². The number of allylic oxidation sites excluding steroid dienone is 2. The molecular formula is C20H14. The van der Waals surface area contributed by atoms with E-state index >= 15 is 0 Å². The Hall–Kier alpha value is -2.96. The van der Waals surface area contributed by atoms with Crippen LogP contribution in [0.1, 0.15) is 11.1 Å². The molecule has 2 rings (SSSR count). The fourth-order valence-electron chi connectivity index (χ4n) is 1.56. The van der Waals surface area contributed by atoms with Crippen molar-refractivity contribution in [1.29, 1.82) is 0 Å². The summed E-state index contributed by atoms with van der Waals surface area (Å²) in [6.45, 7) is 0. The molecule has 0 nitrogen and oxygen atoms in total. The van der Waals surface area contributed by atoms with E-state index in [1.54, 1.807) is 0 Å². The van der Waals surface area contributed by atoms with E-state index in [0.29, 0.717) is 0 Å². The average molecular weight is 254 g/mol. The van der Waals surface area contributed by atoms with Gasteiger partial charge < -0.3 is 0 Å². The maximum Gasteiger partial charge on any atom is -0.0102 e. The van der Waals surface area contributed by atoms with Crippen molar-refractivity contribution >= 4 is 12.2 Å². The lowest BCUT2D eigenvalue weighted by Gasteiger charge is -1.87. The van der Waals surface area contributed by atoms with Crippen molar-refractivity contribution < 1.29 is 0 Å². The Labute approximate surface area is 120 Å². The van der Waals surface area contributed by atoms with Crippen LogP contribution in [0, 0.1) is 23.7 Å². The molecule has 0 radical (unpaired) electrons. The standard InChI is InChI=1S/C20H14/c1(3-7-13-19-15-9-5-10-16-19)2-4-8-14-20-17-11-6-12-18-20/h5-18H/b13-7-,14-8-. The van der Waals surface area contributed by atoms with Crippen molar-refractivity contribution in [2.75, 3.05) is 0 Å².